The van der Waals surface area contributed by atoms with Gasteiger partial charge in [-0.25, -0.2) is 9.78 Å². The number of carbonyl (C=O) groups is 1. The number of thiazole rings is 1. The van der Waals surface area contributed by atoms with Crippen molar-refractivity contribution in [2.45, 2.75) is 44.6 Å². The number of aromatic nitrogens is 1. The molecular formula is C12H17NO3S. The Morgan fingerprint density at radius 2 is 2.18 bits per heavy atom. The van der Waals surface area contributed by atoms with Crippen molar-refractivity contribution in [2.75, 3.05) is 7.11 Å². The van der Waals surface area contributed by atoms with Crippen LogP contribution >= 0.6 is 11.3 Å². The van der Waals surface area contributed by atoms with Gasteiger partial charge in [-0.2, -0.15) is 0 Å². The quantitative estimate of drug-likeness (QED) is 0.898. The van der Waals surface area contributed by atoms with Gasteiger partial charge in [-0.1, -0.05) is 13.8 Å². The van der Waals surface area contributed by atoms with Crippen LogP contribution in [-0.4, -0.2) is 23.2 Å². The Kier molecular flexibility index (Phi) is 3.23. The molecule has 1 aromatic rings. The summed E-state index contributed by atoms with van der Waals surface area (Å²) < 4.78 is 5.54. The number of methoxy groups -OCH3 is 1. The standard InChI is InChI=1S/C12H17NO3S/c1-7(2)8-9(10(14)15)17-11(13-8)12(16-3)5-4-6-12/h7H,4-6H2,1-3H3,(H,14,15). The normalized spacial score (nSPS) is 18.1. The summed E-state index contributed by atoms with van der Waals surface area (Å²) in [5.41, 5.74) is 0.364. The topological polar surface area (TPSA) is 59.4 Å². The van der Waals surface area contributed by atoms with Gasteiger partial charge in [-0.05, 0) is 25.2 Å². The first-order valence-electron chi connectivity index (χ1n) is 5.80. The third-order valence-corrected chi connectivity index (χ3v) is 4.58. The minimum absolute atomic E-state index is 0.125. The summed E-state index contributed by atoms with van der Waals surface area (Å²) in [6, 6.07) is 0. The molecule has 94 valence electrons. The molecule has 0 aromatic carbocycles. The Morgan fingerprint density at radius 1 is 1.53 bits per heavy atom. The van der Waals surface area contributed by atoms with Gasteiger partial charge in [0.1, 0.15) is 15.5 Å². The van der Waals surface area contributed by atoms with E-state index >= 15 is 0 Å². The lowest BCUT2D eigenvalue weighted by Gasteiger charge is -2.38. The van der Waals surface area contributed by atoms with Crippen LogP contribution in [0.5, 0.6) is 0 Å². The summed E-state index contributed by atoms with van der Waals surface area (Å²) in [6.07, 6.45) is 2.99. The minimum atomic E-state index is -0.886. The van der Waals surface area contributed by atoms with E-state index in [1.807, 2.05) is 13.8 Å². The number of carboxylic acids is 1. The smallest absolute Gasteiger partial charge is 0.347 e. The predicted octanol–water partition coefficient (Wildman–Crippen LogP) is 2.99. The fourth-order valence-corrected chi connectivity index (χ4v) is 3.36. The van der Waals surface area contributed by atoms with Crippen molar-refractivity contribution in [3.05, 3.63) is 15.6 Å². The molecule has 1 fully saturated rings. The Hall–Kier alpha value is -0.940. The average Bonchev–Trinajstić information content (AvgIpc) is 2.62. The van der Waals surface area contributed by atoms with E-state index < -0.39 is 5.97 Å². The summed E-state index contributed by atoms with van der Waals surface area (Å²) in [5, 5.41) is 10.0. The van der Waals surface area contributed by atoms with Crippen LogP contribution < -0.4 is 0 Å². The zero-order valence-corrected chi connectivity index (χ0v) is 11.1. The largest absolute Gasteiger partial charge is 0.477 e. The maximum Gasteiger partial charge on any atom is 0.347 e. The molecule has 0 saturated heterocycles. The molecule has 0 atom stereocenters. The first-order valence-corrected chi connectivity index (χ1v) is 6.61. The van der Waals surface area contributed by atoms with Crippen LogP contribution in [0.3, 0.4) is 0 Å². The van der Waals surface area contributed by atoms with E-state index in [4.69, 9.17) is 4.74 Å². The second-order valence-corrected chi connectivity index (χ2v) is 5.74. The Bertz CT molecular complexity index is 429. The molecule has 4 nitrogen and oxygen atoms in total. The van der Waals surface area contributed by atoms with Crippen LogP contribution in [0.4, 0.5) is 0 Å². The molecule has 0 radical (unpaired) electrons. The molecule has 0 amide bonds. The first-order chi connectivity index (χ1) is 8.00. The average molecular weight is 255 g/mol. The fourth-order valence-electron chi connectivity index (χ4n) is 2.07. The number of nitrogens with zero attached hydrogens (tertiary/aromatic N) is 1. The van der Waals surface area contributed by atoms with Gasteiger partial charge in [0, 0.05) is 7.11 Å². The summed E-state index contributed by atoms with van der Waals surface area (Å²) in [5.74, 6) is -0.761. The fraction of sp³-hybridized carbons (Fsp3) is 0.667. The highest BCUT2D eigenvalue weighted by Gasteiger charge is 2.42. The Labute approximate surface area is 105 Å². The molecule has 0 spiro atoms. The molecule has 1 aliphatic rings. The monoisotopic (exact) mass is 255 g/mol. The highest BCUT2D eigenvalue weighted by molar-refractivity contribution is 7.13. The van der Waals surface area contributed by atoms with E-state index in [9.17, 15) is 9.90 Å². The Morgan fingerprint density at radius 3 is 2.47 bits per heavy atom. The lowest BCUT2D eigenvalue weighted by molar-refractivity contribution is -0.0780. The van der Waals surface area contributed by atoms with Crippen LogP contribution in [0.1, 0.15) is 59.4 Å². The van der Waals surface area contributed by atoms with Crippen molar-refractivity contribution in [1.29, 1.82) is 0 Å². The molecule has 1 N–H and O–H groups in total. The number of aromatic carboxylic acids is 1. The van der Waals surface area contributed by atoms with E-state index in [1.165, 1.54) is 11.3 Å². The number of ether oxygens (including phenoxy) is 1. The van der Waals surface area contributed by atoms with Gasteiger partial charge in [0.2, 0.25) is 0 Å². The maximum atomic E-state index is 11.2. The summed E-state index contributed by atoms with van der Waals surface area (Å²) in [6.45, 7) is 3.93. The second kappa shape index (κ2) is 4.38. The lowest BCUT2D eigenvalue weighted by Crippen LogP contribution is -2.35. The molecule has 0 unspecified atom stereocenters. The highest BCUT2D eigenvalue weighted by atomic mass is 32.1. The van der Waals surface area contributed by atoms with E-state index in [0.717, 1.165) is 24.3 Å². The maximum absolute atomic E-state index is 11.2. The third-order valence-electron chi connectivity index (χ3n) is 3.34. The highest BCUT2D eigenvalue weighted by Crippen LogP contribution is 2.46. The van der Waals surface area contributed by atoms with E-state index in [-0.39, 0.29) is 11.5 Å². The molecule has 1 aromatic heterocycles. The van der Waals surface area contributed by atoms with Crippen molar-refractivity contribution in [3.63, 3.8) is 0 Å². The number of rotatable bonds is 4. The van der Waals surface area contributed by atoms with Gasteiger partial charge in [0.05, 0.1) is 5.69 Å². The van der Waals surface area contributed by atoms with Crippen LogP contribution in [0.25, 0.3) is 0 Å². The van der Waals surface area contributed by atoms with E-state index in [0.29, 0.717) is 10.6 Å². The van der Waals surface area contributed by atoms with Crippen LogP contribution in [0.2, 0.25) is 0 Å². The predicted molar refractivity (Wildman–Crippen MR) is 65.7 cm³/mol. The van der Waals surface area contributed by atoms with Crippen molar-refractivity contribution >= 4 is 17.3 Å². The van der Waals surface area contributed by atoms with Gasteiger partial charge in [-0.15, -0.1) is 11.3 Å². The van der Waals surface area contributed by atoms with Gasteiger partial charge >= 0.3 is 5.97 Å². The lowest BCUT2D eigenvalue weighted by atomic mass is 9.80. The van der Waals surface area contributed by atoms with Crippen molar-refractivity contribution in [1.82, 2.24) is 4.98 Å². The molecule has 1 aliphatic carbocycles. The molecule has 2 rings (SSSR count). The summed E-state index contributed by atoms with van der Waals surface area (Å²) in [4.78, 5) is 16.1. The molecular weight excluding hydrogens is 238 g/mol. The van der Waals surface area contributed by atoms with Crippen molar-refractivity contribution < 1.29 is 14.6 Å². The summed E-state index contributed by atoms with van der Waals surface area (Å²) >= 11 is 1.27. The zero-order chi connectivity index (χ0) is 12.6. The second-order valence-electron chi connectivity index (χ2n) is 4.75. The molecule has 0 aliphatic heterocycles. The van der Waals surface area contributed by atoms with Crippen LogP contribution in [0.15, 0.2) is 0 Å². The number of carboxylic acid groups (broad SMARTS) is 1. The molecule has 1 saturated carbocycles. The van der Waals surface area contributed by atoms with E-state index in [2.05, 4.69) is 4.98 Å². The van der Waals surface area contributed by atoms with Gasteiger partial charge in [-0.3, -0.25) is 0 Å². The van der Waals surface area contributed by atoms with Gasteiger partial charge in [0.15, 0.2) is 0 Å². The number of hydrogen-bond acceptors (Lipinski definition) is 4. The first kappa shape index (κ1) is 12.5. The van der Waals surface area contributed by atoms with Crippen molar-refractivity contribution in [2.24, 2.45) is 0 Å². The van der Waals surface area contributed by atoms with Crippen LogP contribution in [-0.2, 0) is 10.3 Å². The van der Waals surface area contributed by atoms with Gasteiger partial charge < -0.3 is 9.84 Å². The van der Waals surface area contributed by atoms with Crippen LogP contribution in [0, 0.1) is 0 Å². The zero-order valence-electron chi connectivity index (χ0n) is 10.3. The third kappa shape index (κ3) is 1.98. The van der Waals surface area contributed by atoms with Gasteiger partial charge in [0.25, 0.3) is 0 Å². The molecule has 0 bridgehead atoms. The Balaban J connectivity index is 2.43. The minimum Gasteiger partial charge on any atom is -0.477 e. The summed E-state index contributed by atoms with van der Waals surface area (Å²) in [7, 11) is 1.68. The SMILES string of the molecule is COC1(c2nc(C(C)C)c(C(=O)O)s2)CCC1. The molecule has 5 heteroatoms. The van der Waals surface area contributed by atoms with Crippen molar-refractivity contribution in [3.8, 4) is 0 Å². The van der Waals surface area contributed by atoms with E-state index in [1.54, 1.807) is 7.11 Å². The molecule has 1 heterocycles. The number of hydrogen-bond donors (Lipinski definition) is 1. The molecule has 17 heavy (non-hydrogen) atoms.